The Morgan fingerprint density at radius 2 is 1.70 bits per heavy atom. The molecule has 5 heteroatoms. The lowest BCUT2D eigenvalue weighted by atomic mass is 9.45. The Balaban J connectivity index is 1.45. The molecule has 0 aromatic heterocycles. The highest BCUT2D eigenvalue weighted by molar-refractivity contribution is 5.84. The molecule has 4 aliphatic rings. The van der Waals surface area contributed by atoms with E-state index in [1.807, 2.05) is 4.90 Å². The van der Waals surface area contributed by atoms with Crippen LogP contribution >= 0.6 is 0 Å². The predicted molar refractivity (Wildman–Crippen MR) is 132 cm³/mol. The smallest absolute Gasteiger partial charge is 0.219 e. The summed E-state index contributed by atoms with van der Waals surface area (Å²) >= 11 is 0. The van der Waals surface area contributed by atoms with Gasteiger partial charge in [0.15, 0.2) is 0 Å². The molecule has 5 nitrogen and oxygen atoms in total. The second-order valence-electron chi connectivity index (χ2n) is 12.1. The molecular weight excluding hydrogens is 412 g/mol. The number of carbonyl (C=O) groups excluding carboxylic acids is 2. The third-order valence-corrected chi connectivity index (χ3v) is 10.9. The van der Waals surface area contributed by atoms with E-state index in [1.165, 1.54) is 32.1 Å². The summed E-state index contributed by atoms with van der Waals surface area (Å²) in [6.45, 7) is 12.7. The van der Waals surface area contributed by atoms with Gasteiger partial charge in [0.1, 0.15) is 5.78 Å². The highest BCUT2D eigenvalue weighted by Gasteiger charge is 2.61. The van der Waals surface area contributed by atoms with Crippen LogP contribution in [0.3, 0.4) is 0 Å². The first-order valence-electron chi connectivity index (χ1n) is 13.9. The highest BCUT2D eigenvalue weighted by Crippen LogP contribution is 2.66. The Morgan fingerprint density at radius 1 is 0.970 bits per heavy atom. The topological polar surface area (TPSA) is 60.9 Å². The first-order valence-corrected chi connectivity index (χ1v) is 13.9. The van der Waals surface area contributed by atoms with Crippen molar-refractivity contribution in [1.82, 2.24) is 9.80 Å². The lowest BCUT2D eigenvalue weighted by Crippen LogP contribution is -2.55. The number of aliphatic hydroxyl groups is 1. The third kappa shape index (κ3) is 4.30. The summed E-state index contributed by atoms with van der Waals surface area (Å²) in [5.41, 5.74) is 0.234. The van der Waals surface area contributed by atoms with Crippen LogP contribution in [-0.4, -0.2) is 65.9 Å². The van der Waals surface area contributed by atoms with Crippen molar-refractivity contribution in [3.63, 3.8) is 0 Å². The number of piperazine rings is 1. The lowest BCUT2D eigenvalue weighted by Gasteiger charge is -2.59. The van der Waals surface area contributed by atoms with Gasteiger partial charge in [-0.05, 0) is 79.4 Å². The fourth-order valence-corrected chi connectivity index (χ4v) is 9.26. The molecule has 33 heavy (non-hydrogen) atoms. The number of amides is 1. The van der Waals surface area contributed by atoms with E-state index >= 15 is 0 Å². The Bertz CT molecular complexity index is 718. The average Bonchev–Trinajstić information content (AvgIpc) is 3.17. The molecule has 0 bridgehead atoms. The maximum atomic E-state index is 13.6. The maximum absolute atomic E-state index is 13.6. The number of fused-ring (bicyclic) bond motifs is 3. The summed E-state index contributed by atoms with van der Waals surface area (Å²) in [6, 6.07) is 0. The second-order valence-corrected chi connectivity index (χ2v) is 12.1. The van der Waals surface area contributed by atoms with Crippen molar-refractivity contribution in [1.29, 1.82) is 0 Å². The van der Waals surface area contributed by atoms with E-state index in [9.17, 15) is 14.7 Å². The standard InChI is InChI=1S/C28H48N2O3/c1-5-12-28(19-31)21(6-2)7-8-22-23-9-10-25(27(23,4)13-11-24(22)28)26(33)18-29-14-16-30(17-15-29)20(3)32/h21-25,31H,5-19H2,1-4H3. The van der Waals surface area contributed by atoms with E-state index in [0.29, 0.717) is 42.6 Å². The van der Waals surface area contributed by atoms with Gasteiger partial charge in [0.25, 0.3) is 0 Å². The van der Waals surface area contributed by atoms with Gasteiger partial charge in [-0.25, -0.2) is 0 Å². The molecular formula is C28H48N2O3. The summed E-state index contributed by atoms with van der Waals surface area (Å²) in [5, 5.41) is 10.7. The number of nitrogens with zero attached hydrogens (tertiary/aromatic N) is 2. The van der Waals surface area contributed by atoms with E-state index in [2.05, 4.69) is 25.7 Å². The van der Waals surface area contributed by atoms with Crippen LogP contribution in [0.25, 0.3) is 0 Å². The van der Waals surface area contributed by atoms with Gasteiger partial charge in [-0.3, -0.25) is 14.5 Å². The number of hydrogen-bond acceptors (Lipinski definition) is 4. The van der Waals surface area contributed by atoms with Gasteiger partial charge in [-0.15, -0.1) is 0 Å². The third-order valence-electron chi connectivity index (χ3n) is 10.9. The van der Waals surface area contributed by atoms with Gasteiger partial charge in [0.2, 0.25) is 5.91 Å². The largest absolute Gasteiger partial charge is 0.396 e. The van der Waals surface area contributed by atoms with Crippen molar-refractivity contribution in [2.24, 2.45) is 40.4 Å². The van der Waals surface area contributed by atoms with Crippen molar-refractivity contribution in [2.75, 3.05) is 39.3 Å². The molecule has 0 aromatic carbocycles. The zero-order chi connectivity index (χ0) is 23.8. The van der Waals surface area contributed by atoms with Gasteiger partial charge < -0.3 is 10.0 Å². The minimum absolute atomic E-state index is 0.103. The normalized spacial score (nSPS) is 41.5. The second kappa shape index (κ2) is 9.97. The minimum Gasteiger partial charge on any atom is -0.396 e. The number of ketones is 1. The zero-order valence-electron chi connectivity index (χ0n) is 21.7. The van der Waals surface area contributed by atoms with Crippen LogP contribution in [0.4, 0.5) is 0 Å². The summed E-state index contributed by atoms with van der Waals surface area (Å²) in [7, 11) is 0. The van der Waals surface area contributed by atoms with Crippen molar-refractivity contribution in [2.45, 2.75) is 85.5 Å². The predicted octanol–water partition coefficient (Wildman–Crippen LogP) is 4.38. The molecule has 7 atom stereocenters. The summed E-state index contributed by atoms with van der Waals surface area (Å²) in [6.07, 6.45) is 10.6. The van der Waals surface area contributed by atoms with Crippen LogP contribution in [0.15, 0.2) is 0 Å². The van der Waals surface area contributed by atoms with E-state index in [-0.39, 0.29) is 22.7 Å². The van der Waals surface area contributed by atoms with E-state index in [0.717, 1.165) is 51.9 Å². The summed E-state index contributed by atoms with van der Waals surface area (Å²) in [5.74, 6) is 3.38. The molecule has 0 spiro atoms. The first kappa shape index (κ1) is 25.2. The van der Waals surface area contributed by atoms with Crippen LogP contribution in [0.5, 0.6) is 0 Å². The van der Waals surface area contributed by atoms with Gasteiger partial charge in [0, 0.05) is 45.6 Å². The summed E-state index contributed by atoms with van der Waals surface area (Å²) < 4.78 is 0. The van der Waals surface area contributed by atoms with Crippen LogP contribution in [0.1, 0.15) is 85.5 Å². The van der Waals surface area contributed by atoms with Crippen LogP contribution in [0.2, 0.25) is 0 Å². The quantitative estimate of drug-likeness (QED) is 0.613. The monoisotopic (exact) mass is 460 g/mol. The fourth-order valence-electron chi connectivity index (χ4n) is 9.26. The van der Waals surface area contributed by atoms with Gasteiger partial charge >= 0.3 is 0 Å². The lowest BCUT2D eigenvalue weighted by molar-refractivity contribution is -0.142. The molecule has 1 saturated heterocycles. The van der Waals surface area contributed by atoms with Crippen LogP contribution in [-0.2, 0) is 9.59 Å². The summed E-state index contributed by atoms with van der Waals surface area (Å²) in [4.78, 5) is 29.4. The van der Waals surface area contributed by atoms with E-state index in [4.69, 9.17) is 0 Å². The number of aliphatic hydroxyl groups excluding tert-OH is 1. The number of rotatable bonds is 7. The van der Waals surface area contributed by atoms with Crippen molar-refractivity contribution < 1.29 is 14.7 Å². The van der Waals surface area contributed by atoms with Gasteiger partial charge in [0.05, 0.1) is 6.54 Å². The average molecular weight is 461 g/mol. The highest BCUT2D eigenvalue weighted by atomic mass is 16.3. The van der Waals surface area contributed by atoms with Crippen molar-refractivity contribution in [3.05, 3.63) is 0 Å². The Morgan fingerprint density at radius 3 is 2.30 bits per heavy atom. The maximum Gasteiger partial charge on any atom is 0.219 e. The molecule has 188 valence electrons. The molecule has 1 N–H and O–H groups in total. The Kier molecular flexibility index (Phi) is 7.60. The molecule has 0 radical (unpaired) electrons. The minimum atomic E-state index is 0.103. The van der Waals surface area contributed by atoms with E-state index in [1.54, 1.807) is 6.92 Å². The van der Waals surface area contributed by atoms with Gasteiger partial charge in [-0.2, -0.15) is 0 Å². The molecule has 4 fully saturated rings. The molecule has 0 aromatic rings. The SMILES string of the molecule is CCCC1(CO)C(CC)CCC2C3CCC(C(=O)CN4CCN(C(C)=O)CC4)C3(C)CCC21. The molecule has 1 heterocycles. The molecule has 7 unspecified atom stereocenters. The Hall–Kier alpha value is -0.940. The molecule has 3 aliphatic carbocycles. The number of carbonyl (C=O) groups is 2. The van der Waals surface area contributed by atoms with Crippen LogP contribution < -0.4 is 0 Å². The molecule has 1 amide bonds. The van der Waals surface area contributed by atoms with Crippen molar-refractivity contribution >= 4 is 11.7 Å². The Labute approximate surface area is 201 Å². The van der Waals surface area contributed by atoms with Crippen molar-refractivity contribution in [3.8, 4) is 0 Å². The fraction of sp³-hybridized carbons (Fsp3) is 0.929. The molecule has 4 rings (SSSR count). The molecule has 1 aliphatic heterocycles. The first-order chi connectivity index (χ1) is 15.8. The number of hydrogen-bond donors (Lipinski definition) is 1. The van der Waals surface area contributed by atoms with Gasteiger partial charge in [-0.1, -0.05) is 33.6 Å². The zero-order valence-corrected chi connectivity index (χ0v) is 21.7. The van der Waals surface area contributed by atoms with Crippen LogP contribution in [0, 0.1) is 40.4 Å². The number of Topliss-reactive ketones (excluding diaryl/α,β-unsaturated/α-hetero) is 1. The van der Waals surface area contributed by atoms with E-state index < -0.39 is 0 Å². The molecule has 3 saturated carbocycles.